The van der Waals surface area contributed by atoms with E-state index in [9.17, 15) is 4.79 Å². The molecule has 0 unspecified atom stereocenters. The highest BCUT2D eigenvalue weighted by molar-refractivity contribution is 6.05. The molecule has 0 atom stereocenters. The third-order valence-electron chi connectivity index (χ3n) is 3.41. The fraction of sp³-hybridized carbons (Fsp3) is 0.235. The summed E-state index contributed by atoms with van der Waals surface area (Å²) in [6.45, 7) is 2.33. The van der Waals surface area contributed by atoms with Crippen molar-refractivity contribution >= 4 is 11.6 Å². The van der Waals surface area contributed by atoms with E-state index in [1.165, 1.54) is 0 Å². The van der Waals surface area contributed by atoms with Crippen molar-refractivity contribution in [3.05, 3.63) is 53.6 Å². The van der Waals surface area contributed by atoms with Crippen LogP contribution in [-0.4, -0.2) is 12.7 Å². The summed E-state index contributed by atoms with van der Waals surface area (Å²) in [7, 11) is 0. The zero-order valence-electron chi connectivity index (χ0n) is 11.9. The van der Waals surface area contributed by atoms with Crippen molar-refractivity contribution < 1.29 is 14.3 Å². The van der Waals surface area contributed by atoms with Crippen LogP contribution in [0.25, 0.3) is 0 Å². The number of benzene rings is 2. The summed E-state index contributed by atoms with van der Waals surface area (Å²) in [5.41, 5.74) is 2.49. The maximum Gasteiger partial charge on any atom is 0.255 e. The van der Waals surface area contributed by atoms with Gasteiger partial charge in [0, 0.05) is 17.3 Å². The van der Waals surface area contributed by atoms with Gasteiger partial charge in [-0.15, -0.1) is 0 Å². The van der Waals surface area contributed by atoms with Gasteiger partial charge in [0.15, 0.2) is 11.5 Å². The first kappa shape index (κ1) is 13.5. The lowest BCUT2D eigenvalue weighted by atomic mass is 10.0. The van der Waals surface area contributed by atoms with Gasteiger partial charge in [0.05, 0.1) is 0 Å². The second kappa shape index (κ2) is 5.87. The van der Waals surface area contributed by atoms with Gasteiger partial charge in [-0.3, -0.25) is 4.79 Å². The lowest BCUT2D eigenvalue weighted by Crippen LogP contribution is -2.14. The number of anilines is 1. The Labute approximate surface area is 123 Å². The van der Waals surface area contributed by atoms with Gasteiger partial charge in [0.1, 0.15) is 0 Å². The quantitative estimate of drug-likeness (QED) is 0.932. The smallest absolute Gasteiger partial charge is 0.255 e. The van der Waals surface area contributed by atoms with E-state index in [-0.39, 0.29) is 12.7 Å². The molecule has 1 heterocycles. The zero-order chi connectivity index (χ0) is 14.7. The van der Waals surface area contributed by atoms with Crippen LogP contribution in [0.5, 0.6) is 11.5 Å². The minimum atomic E-state index is -0.0992. The summed E-state index contributed by atoms with van der Waals surface area (Å²) in [4.78, 5) is 12.4. The number of hydrogen-bond acceptors (Lipinski definition) is 3. The molecule has 2 aromatic carbocycles. The minimum absolute atomic E-state index is 0.0992. The van der Waals surface area contributed by atoms with Gasteiger partial charge in [0.2, 0.25) is 6.79 Å². The van der Waals surface area contributed by atoms with Crippen LogP contribution in [0.15, 0.2) is 42.5 Å². The predicted octanol–water partition coefficient (Wildman–Crippen LogP) is 3.62. The number of fused-ring (bicyclic) bond motifs is 1. The second-order valence-corrected chi connectivity index (χ2v) is 4.93. The van der Waals surface area contributed by atoms with Crippen LogP contribution in [-0.2, 0) is 6.42 Å². The molecule has 2 aromatic rings. The molecule has 0 saturated heterocycles. The highest BCUT2D eigenvalue weighted by Crippen LogP contribution is 2.34. The van der Waals surface area contributed by atoms with Gasteiger partial charge < -0.3 is 14.8 Å². The number of hydrogen-bond donors (Lipinski definition) is 1. The van der Waals surface area contributed by atoms with Crippen molar-refractivity contribution in [2.75, 3.05) is 12.1 Å². The molecule has 21 heavy (non-hydrogen) atoms. The van der Waals surface area contributed by atoms with E-state index in [0.29, 0.717) is 17.2 Å². The molecule has 0 bridgehead atoms. The molecule has 4 nitrogen and oxygen atoms in total. The van der Waals surface area contributed by atoms with Gasteiger partial charge in [-0.05, 0) is 30.2 Å². The first-order chi connectivity index (χ1) is 10.3. The summed E-state index contributed by atoms with van der Waals surface area (Å²) < 4.78 is 10.6. The van der Waals surface area contributed by atoms with Gasteiger partial charge in [0.25, 0.3) is 5.91 Å². The lowest BCUT2D eigenvalue weighted by molar-refractivity contribution is 0.102. The lowest BCUT2D eigenvalue weighted by Gasteiger charge is -2.10. The Morgan fingerprint density at radius 2 is 1.95 bits per heavy atom. The number of carbonyl (C=O) groups is 1. The predicted molar refractivity (Wildman–Crippen MR) is 81.0 cm³/mol. The summed E-state index contributed by atoms with van der Waals surface area (Å²) in [6.07, 6.45) is 1.90. The Balaban J connectivity index is 1.80. The first-order valence-corrected chi connectivity index (χ1v) is 7.07. The average molecular weight is 283 g/mol. The largest absolute Gasteiger partial charge is 0.454 e. The number of ether oxygens (including phenoxy) is 2. The minimum Gasteiger partial charge on any atom is -0.454 e. The van der Waals surface area contributed by atoms with E-state index in [2.05, 4.69) is 12.2 Å². The van der Waals surface area contributed by atoms with Crippen LogP contribution in [0.3, 0.4) is 0 Å². The zero-order valence-corrected chi connectivity index (χ0v) is 11.9. The van der Waals surface area contributed by atoms with Crippen molar-refractivity contribution in [1.82, 2.24) is 0 Å². The van der Waals surface area contributed by atoms with Crippen LogP contribution in [0.4, 0.5) is 5.69 Å². The number of rotatable bonds is 4. The highest BCUT2D eigenvalue weighted by atomic mass is 16.7. The molecule has 0 saturated carbocycles. The van der Waals surface area contributed by atoms with Crippen molar-refractivity contribution in [3.63, 3.8) is 0 Å². The maximum absolute atomic E-state index is 12.4. The van der Waals surface area contributed by atoms with Crippen LogP contribution in [0.1, 0.15) is 29.3 Å². The molecule has 3 rings (SSSR count). The molecule has 1 aliphatic rings. The summed E-state index contributed by atoms with van der Waals surface area (Å²) in [5, 5.41) is 2.91. The van der Waals surface area contributed by atoms with E-state index in [1.54, 1.807) is 12.1 Å². The highest BCUT2D eigenvalue weighted by Gasteiger charge is 2.15. The van der Waals surface area contributed by atoms with E-state index in [1.807, 2.05) is 30.3 Å². The molecule has 0 fully saturated rings. The van der Waals surface area contributed by atoms with Crippen LogP contribution < -0.4 is 14.8 Å². The molecular formula is C17H17NO3. The summed E-state index contributed by atoms with van der Waals surface area (Å²) in [6, 6.07) is 13.1. The van der Waals surface area contributed by atoms with Crippen molar-refractivity contribution in [2.24, 2.45) is 0 Å². The fourth-order valence-electron chi connectivity index (χ4n) is 2.40. The van der Waals surface area contributed by atoms with Crippen molar-refractivity contribution in [2.45, 2.75) is 19.8 Å². The van der Waals surface area contributed by atoms with E-state index in [0.717, 1.165) is 24.0 Å². The normalized spacial score (nSPS) is 12.2. The van der Waals surface area contributed by atoms with Crippen molar-refractivity contribution in [3.8, 4) is 11.5 Å². The molecule has 1 N–H and O–H groups in total. The Morgan fingerprint density at radius 3 is 2.81 bits per heavy atom. The molecule has 1 amide bonds. The molecule has 0 aliphatic carbocycles. The monoisotopic (exact) mass is 283 g/mol. The Morgan fingerprint density at radius 1 is 1.14 bits per heavy atom. The second-order valence-electron chi connectivity index (χ2n) is 4.93. The maximum atomic E-state index is 12.4. The molecule has 0 aromatic heterocycles. The number of carbonyl (C=O) groups excluding carboxylic acids is 1. The van der Waals surface area contributed by atoms with Gasteiger partial charge in [-0.2, -0.15) is 0 Å². The molecule has 1 aliphatic heterocycles. The van der Waals surface area contributed by atoms with Crippen LogP contribution in [0, 0.1) is 0 Å². The van der Waals surface area contributed by atoms with Gasteiger partial charge >= 0.3 is 0 Å². The third kappa shape index (κ3) is 2.84. The van der Waals surface area contributed by atoms with Gasteiger partial charge in [-0.1, -0.05) is 31.5 Å². The fourth-order valence-corrected chi connectivity index (χ4v) is 2.40. The molecule has 0 spiro atoms. The Hall–Kier alpha value is -2.49. The van der Waals surface area contributed by atoms with Crippen LogP contribution in [0.2, 0.25) is 0 Å². The first-order valence-electron chi connectivity index (χ1n) is 7.07. The van der Waals surface area contributed by atoms with Crippen LogP contribution >= 0.6 is 0 Å². The average Bonchev–Trinajstić information content (AvgIpc) is 2.95. The van der Waals surface area contributed by atoms with E-state index in [4.69, 9.17) is 9.47 Å². The Bertz CT molecular complexity index is 667. The summed E-state index contributed by atoms with van der Waals surface area (Å²) in [5.74, 6) is 1.27. The number of aryl methyl sites for hydroxylation is 1. The standard InChI is InChI=1S/C17H17NO3/c1-2-5-12-6-3-4-7-14(12)17(19)18-13-8-9-15-16(10-13)21-11-20-15/h3-4,6-10H,2,5,11H2,1H3,(H,18,19). The number of nitrogens with one attached hydrogen (secondary N) is 1. The molecular weight excluding hydrogens is 266 g/mol. The molecule has 108 valence electrons. The van der Waals surface area contributed by atoms with E-state index < -0.39 is 0 Å². The molecule has 4 heteroatoms. The summed E-state index contributed by atoms with van der Waals surface area (Å²) >= 11 is 0. The SMILES string of the molecule is CCCc1ccccc1C(=O)Nc1ccc2c(c1)OCO2. The topological polar surface area (TPSA) is 47.6 Å². The third-order valence-corrected chi connectivity index (χ3v) is 3.41. The number of amides is 1. The van der Waals surface area contributed by atoms with E-state index >= 15 is 0 Å². The molecule has 0 radical (unpaired) electrons. The van der Waals surface area contributed by atoms with Crippen molar-refractivity contribution in [1.29, 1.82) is 0 Å². The Kier molecular flexibility index (Phi) is 3.77. The van der Waals surface area contributed by atoms with Gasteiger partial charge in [-0.25, -0.2) is 0 Å².